The minimum atomic E-state index is -0.520. The van der Waals surface area contributed by atoms with E-state index in [4.69, 9.17) is 0 Å². The van der Waals surface area contributed by atoms with E-state index in [2.05, 4.69) is 26.6 Å². The molecule has 1 unspecified atom stereocenters. The van der Waals surface area contributed by atoms with Gasteiger partial charge in [-0.1, -0.05) is 28.9 Å². The van der Waals surface area contributed by atoms with Crippen molar-refractivity contribution in [3.8, 4) is 0 Å². The lowest BCUT2D eigenvalue weighted by Crippen LogP contribution is -2.25. The van der Waals surface area contributed by atoms with E-state index in [1.54, 1.807) is 24.3 Å². The summed E-state index contributed by atoms with van der Waals surface area (Å²) in [4.78, 5) is 25.8. The van der Waals surface area contributed by atoms with Crippen LogP contribution in [0, 0.1) is 11.6 Å². The Hall–Kier alpha value is -2.71. The summed E-state index contributed by atoms with van der Waals surface area (Å²) in [6.45, 7) is 1.87. The fraction of sp³-hybridized carbons (Fsp3) is 0.130. The molecular formula is C23H19BrF2N2O2S. The third-order valence-corrected chi connectivity index (χ3v) is 6.18. The molecule has 4 nitrogen and oxygen atoms in total. The maximum Gasteiger partial charge on any atom is 0.255 e. The molecule has 160 valence electrons. The molecule has 0 radical (unpaired) electrons. The van der Waals surface area contributed by atoms with Gasteiger partial charge >= 0.3 is 0 Å². The molecule has 0 aliphatic rings. The van der Waals surface area contributed by atoms with E-state index < -0.39 is 16.9 Å². The van der Waals surface area contributed by atoms with E-state index in [9.17, 15) is 18.4 Å². The highest BCUT2D eigenvalue weighted by atomic mass is 79.9. The molecular weight excluding hydrogens is 486 g/mol. The molecule has 0 spiro atoms. The zero-order valence-corrected chi connectivity index (χ0v) is 18.9. The standard InChI is InChI=1S/C23H19BrF2N2O2S/c1-2-21(23(30)28-20-11-8-15(24)12-19(20)26)31-18-5-3-4-17(13-18)27-22(29)14-6-9-16(25)10-7-14/h3-13,21H,2H2,1H3,(H,27,29)(H,28,30). The van der Waals surface area contributed by atoms with Crippen LogP contribution in [0.1, 0.15) is 23.7 Å². The number of thioether (sulfide) groups is 1. The van der Waals surface area contributed by atoms with Gasteiger partial charge in [0.15, 0.2) is 0 Å². The quantitative estimate of drug-likeness (QED) is 0.361. The minimum absolute atomic E-state index is 0.118. The van der Waals surface area contributed by atoms with Crippen LogP contribution in [0.15, 0.2) is 76.1 Å². The summed E-state index contributed by atoms with van der Waals surface area (Å²) in [6.07, 6.45) is 0.529. The van der Waals surface area contributed by atoms with Crippen LogP contribution in [-0.2, 0) is 4.79 Å². The second-order valence-corrected chi connectivity index (χ2v) is 8.81. The molecule has 1 atom stereocenters. The lowest BCUT2D eigenvalue weighted by atomic mass is 10.2. The average Bonchev–Trinajstić information content (AvgIpc) is 2.74. The van der Waals surface area contributed by atoms with Gasteiger partial charge in [0.1, 0.15) is 11.6 Å². The second kappa shape index (κ2) is 10.5. The molecule has 3 aromatic rings. The number of carbonyl (C=O) groups excluding carboxylic acids is 2. The Bertz CT molecular complexity index is 1090. The Balaban J connectivity index is 1.67. The van der Waals surface area contributed by atoms with Crippen molar-refractivity contribution in [3.63, 3.8) is 0 Å². The number of anilines is 2. The van der Waals surface area contributed by atoms with Gasteiger partial charge in [0.05, 0.1) is 10.9 Å². The Morgan fingerprint density at radius 2 is 1.74 bits per heavy atom. The first kappa shape index (κ1) is 23.0. The Kier molecular flexibility index (Phi) is 7.81. The topological polar surface area (TPSA) is 58.2 Å². The molecule has 0 heterocycles. The first-order chi connectivity index (χ1) is 14.9. The van der Waals surface area contributed by atoms with Crippen molar-refractivity contribution in [2.24, 2.45) is 0 Å². The zero-order valence-electron chi connectivity index (χ0n) is 16.5. The fourth-order valence-corrected chi connectivity index (χ4v) is 4.09. The highest BCUT2D eigenvalue weighted by Crippen LogP contribution is 2.29. The molecule has 3 aromatic carbocycles. The van der Waals surface area contributed by atoms with Gasteiger partial charge < -0.3 is 10.6 Å². The maximum atomic E-state index is 14.0. The Morgan fingerprint density at radius 1 is 1.00 bits per heavy atom. The SMILES string of the molecule is CCC(Sc1cccc(NC(=O)c2ccc(F)cc2)c1)C(=O)Nc1ccc(Br)cc1F. The summed E-state index contributed by atoms with van der Waals surface area (Å²) in [5.41, 5.74) is 1.00. The van der Waals surface area contributed by atoms with E-state index in [-0.39, 0.29) is 17.5 Å². The van der Waals surface area contributed by atoms with Crippen LogP contribution in [0.2, 0.25) is 0 Å². The molecule has 2 N–H and O–H groups in total. The van der Waals surface area contributed by atoms with Crippen LogP contribution >= 0.6 is 27.7 Å². The second-order valence-electron chi connectivity index (χ2n) is 6.62. The maximum absolute atomic E-state index is 14.0. The van der Waals surface area contributed by atoms with Crippen molar-refractivity contribution in [2.45, 2.75) is 23.5 Å². The summed E-state index contributed by atoms with van der Waals surface area (Å²) in [5, 5.41) is 4.93. The largest absolute Gasteiger partial charge is 0.323 e. The number of benzene rings is 3. The average molecular weight is 505 g/mol. The van der Waals surface area contributed by atoms with E-state index in [1.165, 1.54) is 48.2 Å². The highest BCUT2D eigenvalue weighted by molar-refractivity contribution is 9.10. The zero-order chi connectivity index (χ0) is 22.4. The number of carbonyl (C=O) groups is 2. The lowest BCUT2D eigenvalue weighted by Gasteiger charge is -2.16. The molecule has 0 aliphatic heterocycles. The fourth-order valence-electron chi connectivity index (χ4n) is 2.74. The molecule has 31 heavy (non-hydrogen) atoms. The summed E-state index contributed by atoms with van der Waals surface area (Å²) < 4.78 is 27.7. The first-order valence-electron chi connectivity index (χ1n) is 9.45. The number of nitrogens with one attached hydrogen (secondary N) is 2. The van der Waals surface area contributed by atoms with Gasteiger partial charge in [0.2, 0.25) is 5.91 Å². The van der Waals surface area contributed by atoms with Gasteiger partial charge in [-0.3, -0.25) is 9.59 Å². The third-order valence-electron chi connectivity index (χ3n) is 4.33. The molecule has 2 amide bonds. The number of halogens is 3. The number of hydrogen-bond acceptors (Lipinski definition) is 3. The predicted octanol–water partition coefficient (Wildman–Crippen LogP) is 6.49. The van der Waals surface area contributed by atoms with Crippen LogP contribution in [0.25, 0.3) is 0 Å². The van der Waals surface area contributed by atoms with E-state index in [1.807, 2.05) is 13.0 Å². The van der Waals surface area contributed by atoms with Crippen LogP contribution in [0.3, 0.4) is 0 Å². The van der Waals surface area contributed by atoms with Gasteiger partial charge in [0.25, 0.3) is 5.91 Å². The van der Waals surface area contributed by atoms with Crippen molar-refractivity contribution < 1.29 is 18.4 Å². The van der Waals surface area contributed by atoms with Crippen molar-refractivity contribution in [3.05, 3.63) is 88.4 Å². The van der Waals surface area contributed by atoms with E-state index in [0.717, 1.165) is 4.90 Å². The molecule has 0 fully saturated rings. The molecule has 0 saturated heterocycles. The van der Waals surface area contributed by atoms with Crippen LogP contribution in [0.4, 0.5) is 20.2 Å². The van der Waals surface area contributed by atoms with Crippen molar-refractivity contribution in [1.29, 1.82) is 0 Å². The summed E-state index contributed by atoms with van der Waals surface area (Å²) in [7, 11) is 0. The summed E-state index contributed by atoms with van der Waals surface area (Å²) in [5.74, 6) is -1.61. The number of amides is 2. The van der Waals surface area contributed by atoms with Crippen molar-refractivity contribution >= 4 is 50.9 Å². The molecule has 0 saturated carbocycles. The Labute approximate surface area is 191 Å². The normalized spacial score (nSPS) is 11.6. The van der Waals surface area contributed by atoms with E-state index >= 15 is 0 Å². The smallest absolute Gasteiger partial charge is 0.255 e. The van der Waals surface area contributed by atoms with Gasteiger partial charge in [0, 0.05) is 20.6 Å². The van der Waals surface area contributed by atoms with Crippen LogP contribution in [0.5, 0.6) is 0 Å². The van der Waals surface area contributed by atoms with Gasteiger partial charge in [-0.2, -0.15) is 0 Å². The van der Waals surface area contributed by atoms with Gasteiger partial charge in [-0.25, -0.2) is 8.78 Å². The third kappa shape index (κ3) is 6.38. The highest BCUT2D eigenvalue weighted by Gasteiger charge is 2.19. The van der Waals surface area contributed by atoms with Crippen LogP contribution < -0.4 is 10.6 Å². The molecule has 0 bridgehead atoms. The molecule has 3 rings (SSSR count). The van der Waals surface area contributed by atoms with Crippen molar-refractivity contribution in [1.82, 2.24) is 0 Å². The number of rotatable bonds is 7. The summed E-state index contributed by atoms with van der Waals surface area (Å²) in [6, 6.07) is 16.8. The van der Waals surface area contributed by atoms with Gasteiger partial charge in [-0.05, 0) is 67.1 Å². The monoisotopic (exact) mass is 504 g/mol. The lowest BCUT2D eigenvalue weighted by molar-refractivity contribution is -0.115. The molecule has 0 aromatic heterocycles. The molecule has 8 heteroatoms. The predicted molar refractivity (Wildman–Crippen MR) is 123 cm³/mol. The van der Waals surface area contributed by atoms with Crippen molar-refractivity contribution in [2.75, 3.05) is 10.6 Å². The van der Waals surface area contributed by atoms with E-state index in [0.29, 0.717) is 22.1 Å². The number of hydrogen-bond donors (Lipinski definition) is 2. The molecule has 0 aliphatic carbocycles. The summed E-state index contributed by atoms with van der Waals surface area (Å²) >= 11 is 4.51. The van der Waals surface area contributed by atoms with Gasteiger partial charge in [-0.15, -0.1) is 11.8 Å². The Morgan fingerprint density at radius 3 is 2.42 bits per heavy atom. The van der Waals surface area contributed by atoms with Crippen LogP contribution in [-0.4, -0.2) is 17.1 Å². The minimum Gasteiger partial charge on any atom is -0.323 e. The first-order valence-corrected chi connectivity index (χ1v) is 11.1.